The molecular formula is C24H22N2O3. The van der Waals surface area contributed by atoms with Crippen LogP contribution in [-0.4, -0.2) is 25.3 Å². The van der Waals surface area contributed by atoms with Gasteiger partial charge in [0, 0.05) is 5.56 Å². The van der Waals surface area contributed by atoms with E-state index >= 15 is 0 Å². The van der Waals surface area contributed by atoms with Gasteiger partial charge < -0.3 is 9.47 Å². The Bertz CT molecular complexity index is 1150. The minimum atomic E-state index is -0.165. The van der Waals surface area contributed by atoms with E-state index in [9.17, 15) is 4.79 Å². The van der Waals surface area contributed by atoms with Crippen LogP contribution in [0.25, 0.3) is 16.8 Å². The van der Waals surface area contributed by atoms with Gasteiger partial charge in [0.05, 0.1) is 30.7 Å². The summed E-state index contributed by atoms with van der Waals surface area (Å²) in [6.07, 6.45) is 1.81. The maximum absolute atomic E-state index is 13.1. The van der Waals surface area contributed by atoms with Crippen LogP contribution in [-0.2, 0) is 4.79 Å². The Morgan fingerprint density at radius 2 is 1.83 bits per heavy atom. The largest absolute Gasteiger partial charge is 0.492 e. The van der Waals surface area contributed by atoms with Gasteiger partial charge in [-0.3, -0.25) is 4.79 Å². The summed E-state index contributed by atoms with van der Waals surface area (Å²) in [6.45, 7) is 4.29. The molecule has 3 aromatic carbocycles. The lowest BCUT2D eigenvalue weighted by Crippen LogP contribution is -2.21. The number of methoxy groups -OCH3 is 1. The van der Waals surface area contributed by atoms with Crippen LogP contribution in [0.5, 0.6) is 11.5 Å². The van der Waals surface area contributed by atoms with E-state index in [1.54, 1.807) is 7.11 Å². The van der Waals surface area contributed by atoms with E-state index < -0.39 is 0 Å². The third-order valence-electron chi connectivity index (χ3n) is 4.85. The number of hydrogen-bond donors (Lipinski definition) is 0. The lowest BCUT2D eigenvalue weighted by atomic mass is 10.1. The van der Waals surface area contributed by atoms with Crippen molar-refractivity contribution in [1.29, 1.82) is 0 Å². The molecule has 0 unspecified atom stereocenters. The van der Waals surface area contributed by atoms with Gasteiger partial charge in [0.2, 0.25) is 0 Å². The first kappa shape index (κ1) is 18.7. The second-order valence-corrected chi connectivity index (χ2v) is 6.70. The summed E-state index contributed by atoms with van der Waals surface area (Å²) < 4.78 is 11.2. The number of amides is 1. The molecule has 0 aromatic heterocycles. The van der Waals surface area contributed by atoms with Crippen LogP contribution in [0.2, 0.25) is 0 Å². The molecule has 29 heavy (non-hydrogen) atoms. The van der Waals surface area contributed by atoms with Crippen LogP contribution in [0.3, 0.4) is 0 Å². The molecule has 0 spiro atoms. The van der Waals surface area contributed by atoms with Gasteiger partial charge in [-0.25, -0.2) is 0 Å². The number of anilines is 1. The molecule has 0 atom stereocenters. The minimum absolute atomic E-state index is 0.165. The van der Waals surface area contributed by atoms with E-state index in [0.29, 0.717) is 29.4 Å². The van der Waals surface area contributed by atoms with Crippen molar-refractivity contribution in [2.45, 2.75) is 13.8 Å². The summed E-state index contributed by atoms with van der Waals surface area (Å²) in [5.41, 5.74) is 2.71. The zero-order chi connectivity index (χ0) is 20.4. The lowest BCUT2D eigenvalue weighted by molar-refractivity contribution is -0.114. The molecular weight excluding hydrogens is 364 g/mol. The maximum Gasteiger partial charge on any atom is 0.280 e. The van der Waals surface area contributed by atoms with Gasteiger partial charge in [0.15, 0.2) is 11.5 Å². The highest BCUT2D eigenvalue weighted by atomic mass is 16.5. The van der Waals surface area contributed by atoms with Crippen molar-refractivity contribution in [2.75, 3.05) is 18.7 Å². The Morgan fingerprint density at radius 1 is 1.03 bits per heavy atom. The topological polar surface area (TPSA) is 51.1 Å². The van der Waals surface area contributed by atoms with Crippen molar-refractivity contribution < 1.29 is 14.3 Å². The molecule has 1 aliphatic heterocycles. The number of fused-ring (bicyclic) bond motifs is 1. The summed E-state index contributed by atoms with van der Waals surface area (Å²) >= 11 is 0. The number of carbonyl (C=O) groups excluding carboxylic acids is 1. The summed E-state index contributed by atoms with van der Waals surface area (Å²) in [4.78, 5) is 13.1. The average Bonchev–Trinajstić information content (AvgIpc) is 3.02. The van der Waals surface area contributed by atoms with Crippen LogP contribution < -0.4 is 14.5 Å². The van der Waals surface area contributed by atoms with Crippen LogP contribution in [0, 0.1) is 0 Å². The lowest BCUT2D eigenvalue weighted by Gasteiger charge is -2.13. The van der Waals surface area contributed by atoms with Gasteiger partial charge in [-0.2, -0.15) is 10.1 Å². The zero-order valence-corrected chi connectivity index (χ0v) is 16.7. The number of rotatable bonds is 5. The second-order valence-electron chi connectivity index (χ2n) is 6.70. The van der Waals surface area contributed by atoms with E-state index in [1.807, 2.05) is 80.6 Å². The molecule has 0 bridgehead atoms. The number of carbonyl (C=O) groups is 1. The minimum Gasteiger partial charge on any atom is -0.492 e. The van der Waals surface area contributed by atoms with Crippen molar-refractivity contribution in [2.24, 2.45) is 5.10 Å². The summed E-state index contributed by atoms with van der Waals surface area (Å²) in [7, 11) is 1.60. The first-order chi connectivity index (χ1) is 14.1. The van der Waals surface area contributed by atoms with Crippen LogP contribution in [0.1, 0.15) is 19.4 Å². The number of nitrogens with zero attached hydrogens (tertiary/aromatic N) is 2. The fraction of sp³-hybridized carbons (Fsp3) is 0.167. The highest BCUT2D eigenvalue weighted by Gasteiger charge is 2.29. The molecule has 5 heteroatoms. The summed E-state index contributed by atoms with van der Waals surface area (Å²) in [5.74, 6) is 1.09. The molecule has 0 N–H and O–H groups in total. The molecule has 5 nitrogen and oxygen atoms in total. The first-order valence-corrected chi connectivity index (χ1v) is 9.52. The van der Waals surface area contributed by atoms with Gasteiger partial charge in [-0.05, 0) is 48.9 Å². The molecule has 0 saturated carbocycles. The Morgan fingerprint density at radius 3 is 2.59 bits per heavy atom. The quantitative estimate of drug-likeness (QED) is 0.577. The summed E-state index contributed by atoms with van der Waals surface area (Å²) in [5, 5.41) is 8.14. The SMILES string of the molecule is CCOc1cccc(/C=C2\C(=O)N(c3ccc4ccccc4c3)N=C2C)c1OC. The normalized spacial score (nSPS) is 15.1. The maximum atomic E-state index is 13.1. The Hall–Kier alpha value is -3.60. The standard InChI is InChI=1S/C24H22N2O3/c1-4-29-22-11-7-10-19(23(22)28-3)15-21-16(2)25-26(24(21)27)20-13-12-17-8-5-6-9-18(17)14-20/h5-15H,4H2,1-3H3/b21-15-. The molecule has 4 rings (SSSR count). The van der Waals surface area contributed by atoms with E-state index in [4.69, 9.17) is 9.47 Å². The van der Waals surface area contributed by atoms with E-state index in [-0.39, 0.29) is 5.91 Å². The Labute approximate surface area is 169 Å². The number of para-hydroxylation sites is 1. The summed E-state index contributed by atoms with van der Waals surface area (Å²) in [6, 6.07) is 19.6. The van der Waals surface area contributed by atoms with Gasteiger partial charge in [-0.1, -0.05) is 42.5 Å². The third-order valence-corrected chi connectivity index (χ3v) is 4.85. The molecule has 0 radical (unpaired) electrons. The molecule has 1 aliphatic rings. The number of ether oxygens (including phenoxy) is 2. The van der Waals surface area contributed by atoms with Crippen molar-refractivity contribution in [3.63, 3.8) is 0 Å². The smallest absolute Gasteiger partial charge is 0.280 e. The molecule has 0 aliphatic carbocycles. The van der Waals surface area contributed by atoms with Crippen molar-refractivity contribution >= 4 is 34.2 Å². The monoisotopic (exact) mass is 386 g/mol. The molecule has 146 valence electrons. The van der Waals surface area contributed by atoms with Gasteiger partial charge in [0.1, 0.15) is 0 Å². The number of benzene rings is 3. The van der Waals surface area contributed by atoms with Crippen LogP contribution >= 0.6 is 0 Å². The fourth-order valence-electron chi connectivity index (χ4n) is 3.46. The molecule has 3 aromatic rings. The van der Waals surface area contributed by atoms with E-state index in [0.717, 1.165) is 22.0 Å². The van der Waals surface area contributed by atoms with Gasteiger partial charge in [0.25, 0.3) is 5.91 Å². The van der Waals surface area contributed by atoms with Crippen molar-refractivity contribution in [1.82, 2.24) is 0 Å². The van der Waals surface area contributed by atoms with E-state index in [2.05, 4.69) is 5.10 Å². The zero-order valence-electron chi connectivity index (χ0n) is 16.7. The van der Waals surface area contributed by atoms with Crippen molar-refractivity contribution in [3.05, 3.63) is 71.8 Å². The first-order valence-electron chi connectivity index (χ1n) is 9.52. The van der Waals surface area contributed by atoms with Crippen molar-refractivity contribution in [3.8, 4) is 11.5 Å². The second kappa shape index (κ2) is 7.80. The average molecular weight is 386 g/mol. The third kappa shape index (κ3) is 3.47. The van der Waals surface area contributed by atoms with Crippen LogP contribution in [0.15, 0.2) is 71.3 Å². The van der Waals surface area contributed by atoms with Gasteiger partial charge in [-0.15, -0.1) is 0 Å². The predicted octanol–water partition coefficient (Wildman–Crippen LogP) is 5.05. The highest BCUT2D eigenvalue weighted by molar-refractivity contribution is 6.32. The van der Waals surface area contributed by atoms with E-state index in [1.165, 1.54) is 5.01 Å². The Balaban J connectivity index is 1.71. The highest BCUT2D eigenvalue weighted by Crippen LogP contribution is 2.34. The molecule has 0 fully saturated rings. The van der Waals surface area contributed by atoms with Crippen LogP contribution in [0.4, 0.5) is 5.69 Å². The number of hydrazone groups is 1. The molecule has 1 heterocycles. The molecule has 0 saturated heterocycles. The van der Waals surface area contributed by atoms with Gasteiger partial charge >= 0.3 is 0 Å². The fourth-order valence-corrected chi connectivity index (χ4v) is 3.46. The molecule has 1 amide bonds. The number of hydrogen-bond acceptors (Lipinski definition) is 4. The predicted molar refractivity (Wildman–Crippen MR) is 117 cm³/mol. The Kier molecular flexibility index (Phi) is 5.04.